The van der Waals surface area contributed by atoms with Gasteiger partial charge in [-0.3, -0.25) is 15.1 Å². The van der Waals surface area contributed by atoms with Crippen molar-refractivity contribution < 1.29 is 24.7 Å². The smallest absolute Gasteiger partial charge is 0.407 e. The van der Waals surface area contributed by atoms with Gasteiger partial charge in [0.2, 0.25) is 0 Å². The first kappa shape index (κ1) is 19.8. The third-order valence-corrected chi connectivity index (χ3v) is 3.11. The number of nitrogens with one attached hydrogen (secondary N) is 1. The number of aryl methyl sites for hydroxylation is 1. The fourth-order valence-electron chi connectivity index (χ4n) is 1.94. The summed E-state index contributed by atoms with van der Waals surface area (Å²) in [4.78, 5) is 25.5. The van der Waals surface area contributed by atoms with E-state index in [1.54, 1.807) is 27.7 Å². The monoisotopic (exact) mass is 341 g/mol. The quantitative estimate of drug-likeness (QED) is 0.528. The Kier molecular flexibility index (Phi) is 6.61. The van der Waals surface area contributed by atoms with Gasteiger partial charge in [0.25, 0.3) is 5.69 Å². The Balaban J connectivity index is 2.62. The summed E-state index contributed by atoms with van der Waals surface area (Å²) < 4.78 is 5.05. The molecule has 0 saturated carbocycles. The van der Waals surface area contributed by atoms with Gasteiger partial charge >= 0.3 is 6.09 Å². The van der Waals surface area contributed by atoms with Gasteiger partial charge in [-0.05, 0) is 34.1 Å². The fraction of sp³-hybridized carbons (Fsp3) is 0.600. The molecule has 0 aliphatic rings. The average molecular weight is 341 g/mol. The van der Waals surface area contributed by atoms with E-state index in [1.807, 2.05) is 0 Å². The molecular formula is C15H23N3O6. The summed E-state index contributed by atoms with van der Waals surface area (Å²) in [5.74, 6) is 0. The van der Waals surface area contributed by atoms with Gasteiger partial charge in [0.15, 0.2) is 0 Å². The van der Waals surface area contributed by atoms with E-state index in [9.17, 15) is 25.1 Å². The first-order chi connectivity index (χ1) is 11.0. The minimum absolute atomic E-state index is 0.0442. The molecular weight excluding hydrogens is 318 g/mol. The molecule has 2 unspecified atom stereocenters. The SMILES string of the molecule is Cc1ncc([N+](=O)[O-])cc1C(O)C(O)CCNC(=O)OC(C)(C)C. The maximum Gasteiger partial charge on any atom is 0.407 e. The van der Waals surface area contributed by atoms with E-state index >= 15 is 0 Å². The van der Waals surface area contributed by atoms with Crippen LogP contribution in [0.3, 0.4) is 0 Å². The number of pyridine rings is 1. The highest BCUT2D eigenvalue weighted by atomic mass is 16.6. The summed E-state index contributed by atoms with van der Waals surface area (Å²) in [6.07, 6.45) is -2.07. The van der Waals surface area contributed by atoms with Crippen LogP contribution in [0.25, 0.3) is 0 Å². The van der Waals surface area contributed by atoms with Crippen molar-refractivity contribution in [2.45, 2.75) is 51.9 Å². The van der Waals surface area contributed by atoms with Gasteiger partial charge < -0.3 is 20.3 Å². The minimum Gasteiger partial charge on any atom is -0.444 e. The number of carbonyl (C=O) groups is 1. The van der Waals surface area contributed by atoms with Crippen LogP contribution in [0.4, 0.5) is 10.5 Å². The Morgan fingerprint density at radius 3 is 2.62 bits per heavy atom. The van der Waals surface area contributed by atoms with Crippen LogP contribution in [0.2, 0.25) is 0 Å². The predicted octanol–water partition coefficient (Wildman–Crippen LogP) is 1.61. The van der Waals surface area contributed by atoms with Crippen molar-refractivity contribution in [3.05, 3.63) is 33.6 Å². The van der Waals surface area contributed by atoms with Gasteiger partial charge in [-0.25, -0.2) is 4.79 Å². The number of ether oxygens (including phenoxy) is 1. The molecule has 0 saturated heterocycles. The topological polar surface area (TPSA) is 135 Å². The number of alkyl carbamates (subject to hydrolysis) is 1. The highest BCUT2D eigenvalue weighted by Crippen LogP contribution is 2.24. The van der Waals surface area contributed by atoms with Crippen molar-refractivity contribution in [2.75, 3.05) is 6.54 Å². The van der Waals surface area contributed by atoms with Crippen LogP contribution in [-0.4, -0.2) is 44.5 Å². The lowest BCUT2D eigenvalue weighted by molar-refractivity contribution is -0.385. The van der Waals surface area contributed by atoms with E-state index in [0.29, 0.717) is 5.69 Å². The van der Waals surface area contributed by atoms with Gasteiger partial charge in [0, 0.05) is 23.9 Å². The maximum absolute atomic E-state index is 11.5. The predicted molar refractivity (Wildman–Crippen MR) is 85.4 cm³/mol. The second-order valence-electron chi connectivity index (χ2n) is 6.35. The lowest BCUT2D eigenvalue weighted by Gasteiger charge is -2.21. The first-order valence-electron chi connectivity index (χ1n) is 7.45. The molecule has 9 nitrogen and oxygen atoms in total. The number of aromatic nitrogens is 1. The molecule has 2 atom stereocenters. The van der Waals surface area contributed by atoms with E-state index in [0.717, 1.165) is 6.20 Å². The lowest BCUT2D eigenvalue weighted by atomic mass is 10.0. The molecule has 1 heterocycles. The Morgan fingerprint density at radius 2 is 2.08 bits per heavy atom. The molecule has 1 aromatic heterocycles. The number of amides is 1. The Hall–Kier alpha value is -2.26. The molecule has 0 radical (unpaired) electrons. The highest BCUT2D eigenvalue weighted by molar-refractivity contribution is 5.67. The first-order valence-corrected chi connectivity index (χ1v) is 7.45. The summed E-state index contributed by atoms with van der Waals surface area (Å²) in [7, 11) is 0. The highest BCUT2D eigenvalue weighted by Gasteiger charge is 2.23. The van der Waals surface area contributed by atoms with Gasteiger partial charge in [0.1, 0.15) is 17.9 Å². The van der Waals surface area contributed by atoms with E-state index in [1.165, 1.54) is 6.07 Å². The van der Waals surface area contributed by atoms with Crippen molar-refractivity contribution >= 4 is 11.8 Å². The zero-order valence-electron chi connectivity index (χ0n) is 14.1. The summed E-state index contributed by atoms with van der Waals surface area (Å²) in [5, 5.41) is 33.4. The van der Waals surface area contributed by atoms with Crippen molar-refractivity contribution in [3.8, 4) is 0 Å². The molecule has 0 aliphatic heterocycles. The van der Waals surface area contributed by atoms with E-state index in [-0.39, 0.29) is 24.2 Å². The molecule has 1 amide bonds. The number of aliphatic hydroxyl groups excluding tert-OH is 2. The molecule has 1 rings (SSSR count). The van der Waals surface area contributed by atoms with Gasteiger partial charge in [-0.1, -0.05) is 0 Å². The second kappa shape index (κ2) is 8.02. The molecule has 1 aromatic rings. The molecule has 24 heavy (non-hydrogen) atoms. The maximum atomic E-state index is 11.5. The van der Waals surface area contributed by atoms with Gasteiger partial charge in [-0.15, -0.1) is 0 Å². The van der Waals surface area contributed by atoms with Crippen LogP contribution in [0.15, 0.2) is 12.3 Å². The Morgan fingerprint density at radius 1 is 1.46 bits per heavy atom. The zero-order chi connectivity index (χ0) is 18.5. The molecule has 3 N–H and O–H groups in total. The van der Waals surface area contributed by atoms with Crippen molar-refractivity contribution in [1.29, 1.82) is 0 Å². The Bertz CT molecular complexity index is 599. The third kappa shape index (κ3) is 6.09. The number of nitro groups is 1. The second-order valence-corrected chi connectivity index (χ2v) is 6.35. The van der Waals surface area contributed by atoms with Crippen LogP contribution in [0.1, 0.15) is 44.6 Å². The van der Waals surface area contributed by atoms with Crippen LogP contribution in [0.5, 0.6) is 0 Å². The molecule has 0 aliphatic carbocycles. The van der Waals surface area contributed by atoms with Crippen LogP contribution in [-0.2, 0) is 4.74 Å². The molecule has 134 valence electrons. The number of hydrogen-bond acceptors (Lipinski definition) is 7. The molecule has 0 spiro atoms. The van der Waals surface area contributed by atoms with Crippen LogP contribution >= 0.6 is 0 Å². The van der Waals surface area contributed by atoms with Crippen molar-refractivity contribution in [3.63, 3.8) is 0 Å². The summed E-state index contributed by atoms with van der Waals surface area (Å²) >= 11 is 0. The standard InChI is InChI=1S/C15H23N3O6/c1-9-11(7-10(8-17-9)18(22)23)13(20)12(19)5-6-16-14(21)24-15(2,3)4/h7-8,12-13,19-20H,5-6H2,1-4H3,(H,16,21). The van der Waals surface area contributed by atoms with Crippen molar-refractivity contribution in [2.24, 2.45) is 0 Å². The molecule has 0 fully saturated rings. The summed E-state index contributed by atoms with van der Waals surface area (Å²) in [6.45, 7) is 6.83. The summed E-state index contributed by atoms with van der Waals surface area (Å²) in [6, 6.07) is 1.18. The Labute approximate surface area is 139 Å². The third-order valence-electron chi connectivity index (χ3n) is 3.11. The number of carbonyl (C=O) groups excluding carboxylic acids is 1. The molecule has 0 bridgehead atoms. The van der Waals surface area contributed by atoms with Crippen LogP contribution < -0.4 is 5.32 Å². The van der Waals surface area contributed by atoms with E-state index in [2.05, 4.69) is 10.3 Å². The minimum atomic E-state index is -1.35. The normalized spacial score (nSPS) is 13.9. The van der Waals surface area contributed by atoms with Gasteiger partial charge in [0.05, 0.1) is 11.0 Å². The summed E-state index contributed by atoms with van der Waals surface area (Å²) in [5.41, 5.74) is -0.344. The van der Waals surface area contributed by atoms with E-state index in [4.69, 9.17) is 4.74 Å². The lowest BCUT2D eigenvalue weighted by Crippen LogP contribution is -2.34. The fourth-order valence-corrected chi connectivity index (χ4v) is 1.94. The molecule has 9 heteroatoms. The number of aliphatic hydroxyl groups is 2. The van der Waals surface area contributed by atoms with Crippen LogP contribution in [0, 0.1) is 17.0 Å². The number of rotatable bonds is 6. The average Bonchev–Trinajstić information content (AvgIpc) is 2.44. The largest absolute Gasteiger partial charge is 0.444 e. The number of nitrogens with zero attached hydrogens (tertiary/aromatic N) is 2. The zero-order valence-corrected chi connectivity index (χ0v) is 14.1. The number of hydrogen-bond donors (Lipinski definition) is 3. The van der Waals surface area contributed by atoms with E-state index < -0.39 is 28.8 Å². The van der Waals surface area contributed by atoms with Crippen molar-refractivity contribution in [1.82, 2.24) is 10.3 Å². The molecule has 0 aromatic carbocycles. The van der Waals surface area contributed by atoms with Gasteiger partial charge in [-0.2, -0.15) is 0 Å².